The van der Waals surface area contributed by atoms with Crippen LogP contribution in [0.4, 0.5) is 11.5 Å². The Morgan fingerprint density at radius 2 is 2.13 bits per heavy atom. The number of nitro benzene ring substituents is 1. The van der Waals surface area contributed by atoms with Crippen molar-refractivity contribution in [1.82, 2.24) is 10.2 Å². The van der Waals surface area contributed by atoms with Gasteiger partial charge in [0.05, 0.1) is 19.3 Å². The number of nitrogens with zero attached hydrogens (tertiary/aromatic N) is 2. The third kappa shape index (κ3) is 3.46. The number of rotatable bonds is 4. The second kappa shape index (κ2) is 6.31. The van der Waals surface area contributed by atoms with Crippen molar-refractivity contribution < 1.29 is 9.72 Å². The molecule has 0 saturated heterocycles. The lowest BCUT2D eigenvalue weighted by Crippen LogP contribution is -2.10. The van der Waals surface area contributed by atoms with Crippen molar-refractivity contribution in [1.29, 1.82) is 0 Å². The van der Waals surface area contributed by atoms with Crippen molar-refractivity contribution in [3.63, 3.8) is 0 Å². The van der Waals surface area contributed by atoms with Gasteiger partial charge in [0, 0.05) is 23.8 Å². The number of carbonyl (C=O) groups is 1. The van der Waals surface area contributed by atoms with Gasteiger partial charge in [0.1, 0.15) is 0 Å². The van der Waals surface area contributed by atoms with Crippen LogP contribution in [0, 0.1) is 10.1 Å². The number of carbonyl (C=O) groups excluding carboxylic acids is 1. The Kier molecular flexibility index (Phi) is 4.22. The molecule has 0 atom stereocenters. The first-order valence-corrected chi connectivity index (χ1v) is 8.01. The molecule has 1 aromatic carbocycles. The fourth-order valence-corrected chi connectivity index (χ4v) is 3.22. The smallest absolute Gasteiger partial charge is 0.270 e. The number of benzene rings is 1. The normalized spacial score (nSPS) is 10.5. The van der Waals surface area contributed by atoms with Crippen molar-refractivity contribution in [2.24, 2.45) is 0 Å². The van der Waals surface area contributed by atoms with Gasteiger partial charge in [0.2, 0.25) is 0 Å². The first kappa shape index (κ1) is 15.4. The Morgan fingerprint density at radius 1 is 1.30 bits per heavy atom. The number of anilines is 1. The van der Waals surface area contributed by atoms with Gasteiger partial charge in [0.15, 0.2) is 5.82 Å². The Labute approximate surface area is 142 Å². The number of aromatic amines is 1. The van der Waals surface area contributed by atoms with Crippen molar-refractivity contribution in [3.8, 4) is 11.3 Å². The summed E-state index contributed by atoms with van der Waals surface area (Å²) in [7, 11) is 0. The molecule has 0 unspecified atom stereocenters. The van der Waals surface area contributed by atoms with Crippen molar-refractivity contribution in [2.45, 2.75) is 0 Å². The van der Waals surface area contributed by atoms with Crippen LogP contribution in [0.1, 0.15) is 9.67 Å². The van der Waals surface area contributed by atoms with Crippen LogP contribution < -0.4 is 5.32 Å². The van der Waals surface area contributed by atoms with Crippen LogP contribution in [-0.2, 0) is 0 Å². The summed E-state index contributed by atoms with van der Waals surface area (Å²) in [5.41, 5.74) is 1.19. The molecule has 9 heteroatoms. The molecule has 3 rings (SSSR count). The number of amides is 1. The van der Waals surface area contributed by atoms with E-state index >= 15 is 0 Å². The largest absolute Gasteiger partial charge is 0.304 e. The summed E-state index contributed by atoms with van der Waals surface area (Å²) in [5, 5.41) is 20.3. The van der Waals surface area contributed by atoms with Gasteiger partial charge in [-0.15, -0.1) is 11.3 Å². The van der Waals surface area contributed by atoms with Crippen LogP contribution >= 0.6 is 27.3 Å². The summed E-state index contributed by atoms with van der Waals surface area (Å²) in [4.78, 5) is 23.0. The Morgan fingerprint density at radius 3 is 2.83 bits per heavy atom. The Balaban J connectivity index is 1.79. The SMILES string of the molecule is O=C(Nc1cc(-c2cccc([N+](=O)[O-])c2)[nH]n1)c1ccc(Br)s1. The molecule has 116 valence electrons. The van der Waals surface area contributed by atoms with E-state index in [0.29, 0.717) is 22.0 Å². The molecule has 2 N–H and O–H groups in total. The molecule has 0 fully saturated rings. The summed E-state index contributed by atoms with van der Waals surface area (Å²) in [6, 6.07) is 11.3. The minimum absolute atomic E-state index is 0.00822. The van der Waals surface area contributed by atoms with Gasteiger partial charge >= 0.3 is 0 Å². The van der Waals surface area contributed by atoms with Gasteiger partial charge in [-0.25, -0.2) is 0 Å². The Bertz CT molecular complexity index is 890. The molecule has 0 aliphatic carbocycles. The number of halogens is 1. The summed E-state index contributed by atoms with van der Waals surface area (Å²) in [6.07, 6.45) is 0. The number of nitrogens with one attached hydrogen (secondary N) is 2. The molecule has 0 aliphatic rings. The van der Waals surface area contributed by atoms with Crippen LogP contribution in [-0.4, -0.2) is 21.0 Å². The van der Waals surface area contributed by atoms with Crippen molar-refractivity contribution >= 4 is 44.7 Å². The predicted octanol–water partition coefficient (Wildman–Crippen LogP) is 4.06. The number of nitro groups is 1. The van der Waals surface area contributed by atoms with Crippen LogP contribution in [0.2, 0.25) is 0 Å². The van der Waals surface area contributed by atoms with Gasteiger partial charge in [-0.2, -0.15) is 5.10 Å². The van der Waals surface area contributed by atoms with E-state index < -0.39 is 4.92 Å². The van der Waals surface area contributed by atoms with E-state index in [-0.39, 0.29) is 11.6 Å². The van der Waals surface area contributed by atoms with E-state index in [4.69, 9.17) is 0 Å². The molecule has 0 saturated carbocycles. The van der Waals surface area contributed by atoms with Crippen LogP contribution in [0.5, 0.6) is 0 Å². The maximum atomic E-state index is 12.1. The number of hydrogen-bond acceptors (Lipinski definition) is 5. The lowest BCUT2D eigenvalue weighted by Gasteiger charge is -1.98. The molecule has 1 amide bonds. The van der Waals surface area contributed by atoms with Crippen LogP contribution in [0.15, 0.2) is 46.3 Å². The second-order valence-electron chi connectivity index (χ2n) is 4.53. The molecule has 23 heavy (non-hydrogen) atoms. The fourth-order valence-electron chi connectivity index (χ4n) is 1.93. The zero-order valence-electron chi connectivity index (χ0n) is 11.4. The molecule has 0 bridgehead atoms. The topological polar surface area (TPSA) is 101 Å². The zero-order chi connectivity index (χ0) is 16.4. The van der Waals surface area contributed by atoms with Gasteiger partial charge in [-0.05, 0) is 28.1 Å². The summed E-state index contributed by atoms with van der Waals surface area (Å²) in [5.74, 6) is 0.0822. The number of H-pyrrole nitrogens is 1. The number of hydrogen-bond donors (Lipinski definition) is 2. The molecule has 0 radical (unpaired) electrons. The first-order valence-electron chi connectivity index (χ1n) is 6.40. The van der Waals surface area contributed by atoms with Gasteiger partial charge in [-0.1, -0.05) is 12.1 Å². The lowest BCUT2D eigenvalue weighted by molar-refractivity contribution is -0.384. The molecule has 0 spiro atoms. The van der Waals surface area contributed by atoms with E-state index in [1.807, 2.05) is 0 Å². The van der Waals surface area contributed by atoms with E-state index in [0.717, 1.165) is 3.79 Å². The van der Waals surface area contributed by atoms with E-state index in [1.165, 1.54) is 23.5 Å². The van der Waals surface area contributed by atoms with E-state index in [9.17, 15) is 14.9 Å². The summed E-state index contributed by atoms with van der Waals surface area (Å²) < 4.78 is 0.863. The second-order valence-corrected chi connectivity index (χ2v) is 7.00. The van der Waals surface area contributed by atoms with Gasteiger partial charge in [-0.3, -0.25) is 20.0 Å². The average molecular weight is 393 g/mol. The monoisotopic (exact) mass is 392 g/mol. The standard InChI is InChI=1S/C14H9BrN4O3S/c15-12-5-4-11(23-12)14(20)16-13-7-10(17-18-13)8-2-1-3-9(6-8)19(21)22/h1-7H,(H2,16,17,18,20). The molecule has 2 heterocycles. The van der Waals surface area contributed by atoms with Gasteiger partial charge in [0.25, 0.3) is 11.6 Å². The summed E-state index contributed by atoms with van der Waals surface area (Å²) in [6.45, 7) is 0. The van der Waals surface area contributed by atoms with Crippen molar-refractivity contribution in [3.05, 3.63) is 61.2 Å². The highest BCUT2D eigenvalue weighted by atomic mass is 79.9. The highest BCUT2D eigenvalue weighted by molar-refractivity contribution is 9.11. The minimum atomic E-state index is -0.461. The molecule has 0 aliphatic heterocycles. The quantitative estimate of drug-likeness (QED) is 0.516. The first-order chi connectivity index (χ1) is 11.0. The van der Waals surface area contributed by atoms with Crippen LogP contribution in [0.3, 0.4) is 0 Å². The Hall–Kier alpha value is -2.52. The number of non-ortho nitro benzene ring substituents is 1. The molecular formula is C14H9BrN4O3S. The van der Waals surface area contributed by atoms with Crippen molar-refractivity contribution in [2.75, 3.05) is 5.32 Å². The van der Waals surface area contributed by atoms with E-state index in [2.05, 4.69) is 31.4 Å². The minimum Gasteiger partial charge on any atom is -0.304 e. The zero-order valence-corrected chi connectivity index (χ0v) is 13.8. The third-order valence-electron chi connectivity index (χ3n) is 2.98. The molecule has 3 aromatic rings. The molecule has 7 nitrogen and oxygen atoms in total. The highest BCUT2D eigenvalue weighted by Crippen LogP contribution is 2.25. The molecular weight excluding hydrogens is 384 g/mol. The van der Waals surface area contributed by atoms with E-state index in [1.54, 1.807) is 30.3 Å². The lowest BCUT2D eigenvalue weighted by atomic mass is 10.1. The third-order valence-corrected chi connectivity index (χ3v) is 4.61. The number of aromatic nitrogens is 2. The van der Waals surface area contributed by atoms with Gasteiger partial charge < -0.3 is 5.32 Å². The molecule has 2 aromatic heterocycles. The summed E-state index contributed by atoms with van der Waals surface area (Å²) >= 11 is 4.62. The number of thiophene rings is 1. The van der Waals surface area contributed by atoms with Crippen LogP contribution in [0.25, 0.3) is 11.3 Å². The maximum absolute atomic E-state index is 12.1. The predicted molar refractivity (Wildman–Crippen MR) is 90.7 cm³/mol. The average Bonchev–Trinajstić information content (AvgIpc) is 3.16. The highest BCUT2D eigenvalue weighted by Gasteiger charge is 2.13. The maximum Gasteiger partial charge on any atom is 0.270 e. The fraction of sp³-hybridized carbons (Fsp3) is 0.